The van der Waals surface area contributed by atoms with E-state index in [9.17, 15) is 0 Å². The summed E-state index contributed by atoms with van der Waals surface area (Å²) in [7, 11) is 0. The molecule has 0 heterocycles. The van der Waals surface area contributed by atoms with Crippen molar-refractivity contribution in [3.8, 4) is 0 Å². The predicted octanol–water partition coefficient (Wildman–Crippen LogP) is 4.51. The first kappa shape index (κ1) is 12.0. The monoisotopic (exact) mass is 284 g/mol. The van der Waals surface area contributed by atoms with Gasteiger partial charge in [-0.1, -0.05) is 58.0 Å². The van der Waals surface area contributed by atoms with Crippen molar-refractivity contribution in [1.82, 2.24) is 0 Å². The first-order chi connectivity index (χ1) is 5.31. The van der Waals surface area contributed by atoms with Crippen LogP contribution in [0.25, 0.3) is 0 Å². The summed E-state index contributed by atoms with van der Waals surface area (Å²) in [5.41, 5.74) is 0. The van der Waals surface area contributed by atoms with Gasteiger partial charge in [0.15, 0.2) is 0 Å². The van der Waals surface area contributed by atoms with Crippen LogP contribution >= 0.6 is 31.9 Å². The Labute approximate surface area is 87.4 Å². The molecule has 0 aromatic heterocycles. The minimum absolute atomic E-state index is 0.756. The lowest BCUT2D eigenvalue weighted by atomic mass is 10.1. The van der Waals surface area contributed by atoms with Crippen molar-refractivity contribution >= 4 is 31.9 Å². The first-order valence-corrected chi connectivity index (χ1v) is 6.55. The number of hydrogen-bond acceptors (Lipinski definition) is 0. The fraction of sp³-hybridized carbons (Fsp3) is 1.00. The van der Waals surface area contributed by atoms with Gasteiger partial charge in [0.1, 0.15) is 0 Å². The topological polar surface area (TPSA) is 0 Å². The number of hydrogen-bond donors (Lipinski definition) is 0. The van der Waals surface area contributed by atoms with Crippen LogP contribution in [0.3, 0.4) is 0 Å². The van der Waals surface area contributed by atoms with Crippen molar-refractivity contribution in [2.24, 2.45) is 0 Å². The van der Waals surface area contributed by atoms with Crippen LogP contribution in [0.2, 0.25) is 0 Å². The number of alkyl halides is 2. The van der Waals surface area contributed by atoms with Gasteiger partial charge >= 0.3 is 0 Å². The maximum absolute atomic E-state index is 3.69. The highest BCUT2D eigenvalue weighted by Crippen LogP contribution is 2.16. The molecule has 0 aromatic rings. The van der Waals surface area contributed by atoms with Gasteiger partial charge in [-0.2, -0.15) is 0 Å². The van der Waals surface area contributed by atoms with Gasteiger partial charge in [0, 0.05) is 10.2 Å². The Kier molecular flexibility index (Phi) is 9.84. The third-order valence-electron chi connectivity index (χ3n) is 1.77. The fourth-order valence-electron chi connectivity index (χ4n) is 1.06. The van der Waals surface area contributed by atoms with Crippen LogP contribution < -0.4 is 0 Å². The Morgan fingerprint density at radius 3 is 2.27 bits per heavy atom. The summed E-state index contributed by atoms with van der Waals surface area (Å²) in [4.78, 5) is 0.756. The minimum atomic E-state index is 0.756. The number of unbranched alkanes of at least 4 members (excludes halogenated alkanes) is 2. The Hall–Kier alpha value is 0.960. The lowest BCUT2D eigenvalue weighted by Crippen LogP contribution is -1.97. The van der Waals surface area contributed by atoms with E-state index >= 15 is 0 Å². The van der Waals surface area contributed by atoms with Crippen molar-refractivity contribution in [1.29, 1.82) is 0 Å². The maximum atomic E-state index is 3.69. The van der Waals surface area contributed by atoms with Gasteiger partial charge in [-0.15, -0.1) is 0 Å². The van der Waals surface area contributed by atoms with Gasteiger partial charge in [-0.05, 0) is 19.3 Å². The summed E-state index contributed by atoms with van der Waals surface area (Å²) >= 11 is 7.13. The molecule has 11 heavy (non-hydrogen) atoms. The third-order valence-corrected chi connectivity index (χ3v) is 3.25. The standard InChI is InChI=1S/C9H18Br2/c1-2-3-4-6-9(11)7-5-8-10/h9H,2-8H2,1H3. The van der Waals surface area contributed by atoms with E-state index in [4.69, 9.17) is 0 Å². The molecule has 0 bridgehead atoms. The summed E-state index contributed by atoms with van der Waals surface area (Å²) < 4.78 is 0. The highest BCUT2D eigenvalue weighted by atomic mass is 79.9. The molecule has 1 atom stereocenters. The summed E-state index contributed by atoms with van der Waals surface area (Å²) in [6.45, 7) is 2.25. The molecule has 0 radical (unpaired) electrons. The van der Waals surface area contributed by atoms with Crippen LogP contribution in [-0.4, -0.2) is 10.2 Å². The molecule has 0 saturated heterocycles. The SMILES string of the molecule is CCCCCC(Br)CCCBr. The molecular weight excluding hydrogens is 268 g/mol. The fourth-order valence-corrected chi connectivity index (χ4v) is 2.03. The molecule has 0 saturated carbocycles. The third kappa shape index (κ3) is 8.87. The van der Waals surface area contributed by atoms with Gasteiger partial charge in [0.25, 0.3) is 0 Å². The normalized spacial score (nSPS) is 13.4. The Balaban J connectivity index is 3.02. The van der Waals surface area contributed by atoms with Crippen LogP contribution in [-0.2, 0) is 0 Å². The van der Waals surface area contributed by atoms with Crippen LogP contribution in [0.5, 0.6) is 0 Å². The van der Waals surface area contributed by atoms with Gasteiger partial charge in [0.2, 0.25) is 0 Å². The van der Waals surface area contributed by atoms with Crippen molar-refractivity contribution < 1.29 is 0 Å². The summed E-state index contributed by atoms with van der Waals surface area (Å²) in [6, 6.07) is 0. The highest BCUT2D eigenvalue weighted by molar-refractivity contribution is 9.09. The second kappa shape index (κ2) is 9.05. The summed E-state index contributed by atoms with van der Waals surface area (Å²) in [5, 5.41) is 1.14. The molecule has 0 aliphatic rings. The van der Waals surface area contributed by atoms with Gasteiger partial charge in [-0.25, -0.2) is 0 Å². The minimum Gasteiger partial charge on any atom is -0.0928 e. The van der Waals surface area contributed by atoms with Crippen LogP contribution in [0.1, 0.15) is 45.4 Å². The first-order valence-electron chi connectivity index (χ1n) is 4.51. The van der Waals surface area contributed by atoms with Crippen molar-refractivity contribution in [3.05, 3.63) is 0 Å². The van der Waals surface area contributed by atoms with E-state index in [1.54, 1.807) is 0 Å². The molecular formula is C9H18Br2. The lowest BCUT2D eigenvalue weighted by molar-refractivity contribution is 0.622. The smallest absolute Gasteiger partial charge is 0.0146 e. The zero-order valence-electron chi connectivity index (χ0n) is 7.28. The Morgan fingerprint density at radius 2 is 1.73 bits per heavy atom. The van der Waals surface area contributed by atoms with Gasteiger partial charge < -0.3 is 0 Å². The second-order valence-electron chi connectivity index (χ2n) is 2.92. The van der Waals surface area contributed by atoms with Gasteiger partial charge in [0.05, 0.1) is 0 Å². The molecule has 2 heteroatoms. The van der Waals surface area contributed by atoms with Crippen molar-refractivity contribution in [2.75, 3.05) is 5.33 Å². The van der Waals surface area contributed by atoms with Crippen molar-refractivity contribution in [3.63, 3.8) is 0 Å². The van der Waals surface area contributed by atoms with Crippen LogP contribution in [0.4, 0.5) is 0 Å². The van der Waals surface area contributed by atoms with Gasteiger partial charge in [-0.3, -0.25) is 0 Å². The van der Waals surface area contributed by atoms with Crippen LogP contribution in [0.15, 0.2) is 0 Å². The average Bonchev–Trinajstić information content (AvgIpc) is 2.01. The van der Waals surface area contributed by atoms with E-state index in [1.165, 1.54) is 38.5 Å². The van der Waals surface area contributed by atoms with E-state index in [-0.39, 0.29) is 0 Å². The molecule has 0 nitrogen and oxygen atoms in total. The molecule has 0 fully saturated rings. The molecule has 0 spiro atoms. The molecule has 0 rings (SSSR count). The van der Waals surface area contributed by atoms with E-state index < -0.39 is 0 Å². The van der Waals surface area contributed by atoms with Crippen LogP contribution in [0, 0.1) is 0 Å². The Bertz CT molecular complexity index is 74.0. The molecule has 68 valence electrons. The summed E-state index contributed by atoms with van der Waals surface area (Å²) in [5.74, 6) is 0. The molecule has 0 aliphatic carbocycles. The molecule has 0 amide bonds. The van der Waals surface area contributed by atoms with Crippen molar-refractivity contribution in [2.45, 2.75) is 50.3 Å². The quantitative estimate of drug-likeness (QED) is 0.477. The maximum Gasteiger partial charge on any atom is 0.0146 e. The largest absolute Gasteiger partial charge is 0.0928 e. The van der Waals surface area contributed by atoms with E-state index in [0.29, 0.717) is 0 Å². The van der Waals surface area contributed by atoms with E-state index in [0.717, 1.165) is 10.2 Å². The Morgan fingerprint density at radius 1 is 1.09 bits per heavy atom. The number of halogens is 2. The molecule has 0 aromatic carbocycles. The zero-order valence-corrected chi connectivity index (χ0v) is 10.5. The second-order valence-corrected chi connectivity index (χ2v) is 5.01. The average molecular weight is 286 g/mol. The molecule has 0 aliphatic heterocycles. The lowest BCUT2D eigenvalue weighted by Gasteiger charge is -2.06. The zero-order chi connectivity index (χ0) is 8.53. The van der Waals surface area contributed by atoms with E-state index in [1.807, 2.05) is 0 Å². The molecule has 1 unspecified atom stereocenters. The highest BCUT2D eigenvalue weighted by Gasteiger charge is 2.01. The molecule has 0 N–H and O–H groups in total. The summed E-state index contributed by atoms with van der Waals surface area (Å²) in [6.07, 6.45) is 8.06. The number of rotatable bonds is 7. The predicted molar refractivity (Wildman–Crippen MR) is 59.9 cm³/mol. The van der Waals surface area contributed by atoms with E-state index in [2.05, 4.69) is 38.8 Å².